The first-order chi connectivity index (χ1) is 14.4. The van der Waals surface area contributed by atoms with Gasteiger partial charge in [-0.2, -0.15) is 0 Å². The van der Waals surface area contributed by atoms with Crippen molar-refractivity contribution in [3.05, 3.63) is 30.1 Å². The van der Waals surface area contributed by atoms with Gasteiger partial charge in [0.25, 0.3) is 5.91 Å². The summed E-state index contributed by atoms with van der Waals surface area (Å²) in [4.78, 5) is 57.5. The van der Waals surface area contributed by atoms with E-state index in [-0.39, 0.29) is 37.0 Å². The van der Waals surface area contributed by atoms with Gasteiger partial charge in [0, 0.05) is 38.1 Å². The molecule has 30 heavy (non-hydrogen) atoms. The zero-order valence-corrected chi connectivity index (χ0v) is 17.3. The lowest BCUT2D eigenvalue weighted by Gasteiger charge is -2.41. The molecule has 3 rings (SSSR count). The van der Waals surface area contributed by atoms with E-state index in [9.17, 15) is 19.2 Å². The molecule has 2 aliphatic heterocycles. The number of piperazine rings is 1. The number of aromatic nitrogens is 1. The van der Waals surface area contributed by atoms with Crippen LogP contribution >= 0.6 is 0 Å². The van der Waals surface area contributed by atoms with Crippen LogP contribution in [-0.2, 0) is 9.59 Å². The number of nitrogens with one attached hydrogen (secondary N) is 3. The van der Waals surface area contributed by atoms with Gasteiger partial charge in [0.15, 0.2) is 0 Å². The van der Waals surface area contributed by atoms with Crippen LogP contribution in [0.25, 0.3) is 0 Å². The number of hydrogen-bond donors (Lipinski definition) is 3. The minimum absolute atomic E-state index is 0.0411. The highest BCUT2D eigenvalue weighted by Crippen LogP contribution is 2.15. The van der Waals surface area contributed by atoms with Crippen molar-refractivity contribution < 1.29 is 19.2 Å². The number of nitrogens with zero attached hydrogens (tertiary/aromatic N) is 3. The van der Waals surface area contributed by atoms with Crippen LogP contribution in [0.5, 0.6) is 0 Å². The number of amides is 5. The third-order valence-electron chi connectivity index (χ3n) is 5.15. The van der Waals surface area contributed by atoms with Crippen molar-refractivity contribution >= 4 is 23.8 Å². The fourth-order valence-electron chi connectivity index (χ4n) is 3.61. The maximum absolute atomic E-state index is 13.1. The third kappa shape index (κ3) is 5.05. The molecule has 0 aliphatic carbocycles. The summed E-state index contributed by atoms with van der Waals surface area (Å²) in [7, 11) is 0. The van der Waals surface area contributed by atoms with Crippen LogP contribution in [0, 0.1) is 0 Å². The van der Waals surface area contributed by atoms with E-state index in [1.807, 2.05) is 13.8 Å². The molecule has 162 valence electrons. The molecule has 3 N–H and O–H groups in total. The molecule has 2 saturated heterocycles. The number of urea groups is 1. The standard InChI is InChI=1S/C20H28N6O4/c1-13(2)23-20(30)26-10-9-25(19(29)14-5-3-7-21-11-14)12-16(26)18(28)24-15-6-4-8-22-17(15)27/h3,5,7,11,13,15-16H,4,6,8-10,12H2,1-2H3,(H,22,27)(H,23,30)(H,24,28). The normalized spacial score (nSPS) is 21.8. The second-order valence-corrected chi connectivity index (χ2v) is 7.80. The van der Waals surface area contributed by atoms with Gasteiger partial charge in [-0.1, -0.05) is 0 Å². The molecule has 2 fully saturated rings. The van der Waals surface area contributed by atoms with Crippen LogP contribution in [0.1, 0.15) is 37.0 Å². The predicted molar refractivity (Wildman–Crippen MR) is 108 cm³/mol. The van der Waals surface area contributed by atoms with Crippen LogP contribution in [0.3, 0.4) is 0 Å². The molecule has 2 atom stereocenters. The molecular formula is C20H28N6O4. The Kier molecular flexibility index (Phi) is 6.86. The average molecular weight is 416 g/mol. The van der Waals surface area contributed by atoms with Crippen molar-refractivity contribution in [3.8, 4) is 0 Å². The van der Waals surface area contributed by atoms with E-state index in [0.29, 0.717) is 25.1 Å². The minimum atomic E-state index is -0.896. The Hall–Kier alpha value is -3.17. The molecule has 1 aromatic rings. The van der Waals surface area contributed by atoms with Gasteiger partial charge in [-0.05, 0) is 38.8 Å². The molecule has 0 bridgehead atoms. The van der Waals surface area contributed by atoms with Gasteiger partial charge in [-0.3, -0.25) is 19.4 Å². The summed E-state index contributed by atoms with van der Waals surface area (Å²) in [6.07, 6.45) is 4.36. The lowest BCUT2D eigenvalue weighted by Crippen LogP contribution is -2.65. The van der Waals surface area contributed by atoms with Gasteiger partial charge >= 0.3 is 6.03 Å². The first-order valence-corrected chi connectivity index (χ1v) is 10.2. The van der Waals surface area contributed by atoms with E-state index in [1.165, 1.54) is 11.1 Å². The molecule has 2 aliphatic rings. The maximum Gasteiger partial charge on any atom is 0.318 e. The smallest absolute Gasteiger partial charge is 0.318 e. The number of rotatable bonds is 4. The summed E-state index contributed by atoms with van der Waals surface area (Å²) >= 11 is 0. The fraction of sp³-hybridized carbons (Fsp3) is 0.550. The highest BCUT2D eigenvalue weighted by atomic mass is 16.2. The van der Waals surface area contributed by atoms with Crippen LogP contribution in [-0.4, -0.2) is 82.8 Å². The Labute approximate surface area is 175 Å². The zero-order chi connectivity index (χ0) is 21.7. The lowest BCUT2D eigenvalue weighted by molar-refractivity contribution is -0.133. The molecule has 3 heterocycles. The summed E-state index contributed by atoms with van der Waals surface area (Å²) in [6, 6.07) is 1.34. The number of hydrogen-bond acceptors (Lipinski definition) is 5. The van der Waals surface area contributed by atoms with Crippen molar-refractivity contribution in [1.82, 2.24) is 30.7 Å². The van der Waals surface area contributed by atoms with Crippen LogP contribution < -0.4 is 16.0 Å². The monoisotopic (exact) mass is 416 g/mol. The van der Waals surface area contributed by atoms with Gasteiger partial charge in [-0.15, -0.1) is 0 Å². The molecule has 0 saturated carbocycles. The highest BCUT2D eigenvalue weighted by Gasteiger charge is 2.39. The van der Waals surface area contributed by atoms with E-state index in [2.05, 4.69) is 20.9 Å². The van der Waals surface area contributed by atoms with Crippen molar-refractivity contribution in [2.75, 3.05) is 26.2 Å². The first-order valence-electron chi connectivity index (χ1n) is 10.2. The lowest BCUT2D eigenvalue weighted by atomic mass is 10.0. The van der Waals surface area contributed by atoms with Gasteiger partial charge in [0.05, 0.1) is 12.1 Å². The topological polar surface area (TPSA) is 124 Å². The van der Waals surface area contributed by atoms with E-state index < -0.39 is 18.0 Å². The average Bonchev–Trinajstić information content (AvgIpc) is 2.74. The fourth-order valence-corrected chi connectivity index (χ4v) is 3.61. The predicted octanol–water partition coefficient (Wildman–Crippen LogP) is -0.279. The molecule has 0 aromatic carbocycles. The Bertz CT molecular complexity index is 800. The van der Waals surface area contributed by atoms with Gasteiger partial charge in [-0.25, -0.2) is 4.79 Å². The number of piperidine rings is 1. The summed E-state index contributed by atoms with van der Waals surface area (Å²) in [5.41, 5.74) is 0.420. The Balaban J connectivity index is 1.76. The third-order valence-corrected chi connectivity index (χ3v) is 5.15. The van der Waals surface area contributed by atoms with E-state index in [0.717, 1.165) is 6.42 Å². The second kappa shape index (κ2) is 9.55. The van der Waals surface area contributed by atoms with E-state index >= 15 is 0 Å². The molecule has 10 nitrogen and oxygen atoms in total. The second-order valence-electron chi connectivity index (χ2n) is 7.80. The summed E-state index contributed by atoms with van der Waals surface area (Å²) in [6.45, 7) is 4.81. The van der Waals surface area contributed by atoms with Crippen molar-refractivity contribution in [2.24, 2.45) is 0 Å². The molecule has 10 heteroatoms. The van der Waals surface area contributed by atoms with Gasteiger partial charge < -0.3 is 25.8 Å². The molecule has 0 radical (unpaired) electrons. The van der Waals surface area contributed by atoms with Crippen LogP contribution in [0.15, 0.2) is 24.5 Å². The maximum atomic E-state index is 13.1. The number of pyridine rings is 1. The van der Waals surface area contributed by atoms with Crippen molar-refractivity contribution in [2.45, 2.75) is 44.8 Å². The van der Waals surface area contributed by atoms with Crippen LogP contribution in [0.2, 0.25) is 0 Å². The zero-order valence-electron chi connectivity index (χ0n) is 17.3. The number of carbonyl (C=O) groups excluding carboxylic acids is 4. The molecular weight excluding hydrogens is 388 g/mol. The van der Waals surface area contributed by atoms with E-state index in [1.54, 1.807) is 23.2 Å². The Morgan fingerprint density at radius 3 is 2.73 bits per heavy atom. The van der Waals surface area contributed by atoms with Gasteiger partial charge in [0.1, 0.15) is 12.1 Å². The van der Waals surface area contributed by atoms with Crippen molar-refractivity contribution in [1.29, 1.82) is 0 Å². The van der Waals surface area contributed by atoms with E-state index in [4.69, 9.17) is 0 Å². The highest BCUT2D eigenvalue weighted by molar-refractivity contribution is 5.96. The SMILES string of the molecule is CC(C)NC(=O)N1CCN(C(=O)c2cccnc2)CC1C(=O)NC1CCCNC1=O. The first kappa shape index (κ1) is 21.5. The Morgan fingerprint density at radius 2 is 2.07 bits per heavy atom. The largest absolute Gasteiger partial charge is 0.354 e. The minimum Gasteiger partial charge on any atom is -0.354 e. The quantitative estimate of drug-likeness (QED) is 0.623. The molecule has 2 unspecified atom stereocenters. The molecule has 5 amide bonds. The summed E-state index contributed by atoms with van der Waals surface area (Å²) in [5, 5.41) is 8.28. The Morgan fingerprint density at radius 1 is 1.27 bits per heavy atom. The molecule has 0 spiro atoms. The van der Waals surface area contributed by atoms with Crippen LogP contribution in [0.4, 0.5) is 4.79 Å². The summed E-state index contributed by atoms with van der Waals surface area (Å²) < 4.78 is 0. The van der Waals surface area contributed by atoms with Gasteiger partial charge in [0.2, 0.25) is 11.8 Å². The number of carbonyl (C=O) groups is 4. The summed E-state index contributed by atoms with van der Waals surface area (Å²) in [5.74, 6) is -0.924. The molecule has 1 aromatic heterocycles. The van der Waals surface area contributed by atoms with Crippen molar-refractivity contribution in [3.63, 3.8) is 0 Å².